The van der Waals surface area contributed by atoms with Crippen molar-refractivity contribution in [3.05, 3.63) is 24.3 Å². The average molecular weight is 243 g/mol. The molecule has 1 fully saturated rings. The van der Waals surface area contributed by atoms with Crippen LogP contribution in [0.3, 0.4) is 0 Å². The SMILES string of the molecule is C(=N\Cn1nnc2ccccc21)/N1CCCCC1. The van der Waals surface area contributed by atoms with Crippen molar-refractivity contribution in [2.75, 3.05) is 13.1 Å². The molecule has 1 aromatic carbocycles. The highest BCUT2D eigenvalue weighted by Gasteiger charge is 2.06. The molecule has 18 heavy (non-hydrogen) atoms. The van der Waals surface area contributed by atoms with Gasteiger partial charge in [0.05, 0.1) is 11.9 Å². The van der Waals surface area contributed by atoms with Gasteiger partial charge in [0.25, 0.3) is 0 Å². The maximum atomic E-state index is 4.45. The highest BCUT2D eigenvalue weighted by Crippen LogP contribution is 2.10. The van der Waals surface area contributed by atoms with Crippen LogP contribution in [0.2, 0.25) is 0 Å². The van der Waals surface area contributed by atoms with Gasteiger partial charge in [-0.2, -0.15) is 0 Å². The Bertz CT molecular complexity index is 539. The van der Waals surface area contributed by atoms with E-state index in [2.05, 4.69) is 20.2 Å². The summed E-state index contributed by atoms with van der Waals surface area (Å²) in [6.45, 7) is 2.79. The van der Waals surface area contributed by atoms with Crippen molar-refractivity contribution in [3.8, 4) is 0 Å². The first-order valence-corrected chi connectivity index (χ1v) is 6.46. The van der Waals surface area contributed by atoms with E-state index in [0.717, 1.165) is 24.1 Å². The lowest BCUT2D eigenvalue weighted by Gasteiger charge is -2.23. The van der Waals surface area contributed by atoms with Gasteiger partial charge in [-0.05, 0) is 31.4 Å². The van der Waals surface area contributed by atoms with E-state index in [1.54, 1.807) is 0 Å². The minimum absolute atomic E-state index is 0.539. The van der Waals surface area contributed by atoms with Crippen LogP contribution in [-0.2, 0) is 6.67 Å². The maximum absolute atomic E-state index is 4.45. The summed E-state index contributed by atoms with van der Waals surface area (Å²) in [4.78, 5) is 6.73. The van der Waals surface area contributed by atoms with Gasteiger partial charge in [0.15, 0.2) is 0 Å². The molecule has 3 rings (SSSR count). The minimum atomic E-state index is 0.539. The minimum Gasteiger partial charge on any atom is -0.363 e. The Balaban J connectivity index is 1.67. The fourth-order valence-electron chi connectivity index (χ4n) is 2.28. The zero-order valence-corrected chi connectivity index (χ0v) is 10.4. The van der Waals surface area contributed by atoms with E-state index < -0.39 is 0 Å². The molecule has 0 atom stereocenters. The Morgan fingerprint density at radius 3 is 2.89 bits per heavy atom. The molecule has 0 bridgehead atoms. The number of hydrogen-bond acceptors (Lipinski definition) is 3. The van der Waals surface area contributed by atoms with Gasteiger partial charge >= 0.3 is 0 Å². The third kappa shape index (κ3) is 2.34. The molecule has 0 unspecified atom stereocenters. The Hall–Kier alpha value is -1.91. The number of benzene rings is 1. The van der Waals surface area contributed by atoms with Gasteiger partial charge in [0.2, 0.25) is 0 Å². The number of piperidine rings is 1. The second-order valence-electron chi connectivity index (χ2n) is 4.61. The van der Waals surface area contributed by atoms with Gasteiger partial charge in [-0.15, -0.1) is 5.10 Å². The fourth-order valence-corrected chi connectivity index (χ4v) is 2.28. The predicted molar refractivity (Wildman–Crippen MR) is 71.4 cm³/mol. The van der Waals surface area contributed by atoms with Gasteiger partial charge in [-0.1, -0.05) is 17.3 Å². The molecule has 0 N–H and O–H groups in total. The van der Waals surface area contributed by atoms with E-state index >= 15 is 0 Å². The van der Waals surface area contributed by atoms with Crippen molar-refractivity contribution in [2.45, 2.75) is 25.9 Å². The first-order valence-electron chi connectivity index (χ1n) is 6.46. The normalized spacial score (nSPS) is 16.8. The van der Waals surface area contributed by atoms with Crippen LogP contribution in [-0.4, -0.2) is 39.3 Å². The molecule has 1 saturated heterocycles. The smallest absolute Gasteiger partial charge is 0.135 e. The summed E-state index contributed by atoms with van der Waals surface area (Å²) in [5.41, 5.74) is 1.96. The van der Waals surface area contributed by atoms with Gasteiger partial charge < -0.3 is 4.90 Å². The van der Waals surface area contributed by atoms with Crippen LogP contribution in [0.5, 0.6) is 0 Å². The molecule has 0 radical (unpaired) electrons. The van der Waals surface area contributed by atoms with Crippen molar-refractivity contribution in [1.29, 1.82) is 0 Å². The highest BCUT2D eigenvalue weighted by atomic mass is 15.4. The Morgan fingerprint density at radius 1 is 1.17 bits per heavy atom. The maximum Gasteiger partial charge on any atom is 0.135 e. The summed E-state index contributed by atoms with van der Waals surface area (Å²) < 4.78 is 1.83. The largest absolute Gasteiger partial charge is 0.363 e. The number of rotatable bonds is 3. The average Bonchev–Trinajstić information content (AvgIpc) is 2.84. The number of aromatic nitrogens is 3. The monoisotopic (exact) mass is 243 g/mol. The summed E-state index contributed by atoms with van der Waals surface area (Å²) in [6, 6.07) is 7.95. The van der Waals surface area contributed by atoms with E-state index in [4.69, 9.17) is 0 Å². The molecule has 1 aromatic heterocycles. The lowest BCUT2D eigenvalue weighted by molar-refractivity contribution is 0.349. The molecule has 5 heteroatoms. The molecule has 0 aliphatic carbocycles. The molecule has 0 saturated carbocycles. The lowest BCUT2D eigenvalue weighted by Crippen LogP contribution is -2.28. The van der Waals surface area contributed by atoms with Crippen molar-refractivity contribution in [2.24, 2.45) is 4.99 Å². The molecular formula is C13H17N5. The highest BCUT2D eigenvalue weighted by molar-refractivity contribution is 5.73. The third-order valence-electron chi connectivity index (χ3n) is 3.27. The summed E-state index contributed by atoms with van der Waals surface area (Å²) in [5.74, 6) is 0. The molecule has 0 spiro atoms. The Morgan fingerprint density at radius 2 is 2.00 bits per heavy atom. The van der Waals surface area contributed by atoms with Crippen molar-refractivity contribution < 1.29 is 0 Å². The fraction of sp³-hybridized carbons (Fsp3) is 0.462. The number of aliphatic imine (C=N–C) groups is 1. The molecular weight excluding hydrogens is 226 g/mol. The van der Waals surface area contributed by atoms with Crippen LogP contribution in [0.1, 0.15) is 19.3 Å². The Labute approximate surface area is 106 Å². The molecule has 1 aliphatic heterocycles. The number of hydrogen-bond donors (Lipinski definition) is 0. The van der Waals surface area contributed by atoms with E-state index in [9.17, 15) is 0 Å². The van der Waals surface area contributed by atoms with Gasteiger partial charge in [0, 0.05) is 13.1 Å². The summed E-state index contributed by atoms with van der Waals surface area (Å²) in [6.07, 6.45) is 5.85. The molecule has 0 amide bonds. The Kier molecular flexibility index (Phi) is 3.21. The van der Waals surface area contributed by atoms with Crippen molar-refractivity contribution in [3.63, 3.8) is 0 Å². The quantitative estimate of drug-likeness (QED) is 0.611. The van der Waals surface area contributed by atoms with Gasteiger partial charge in [0.1, 0.15) is 12.2 Å². The molecule has 2 heterocycles. The zero-order chi connectivity index (χ0) is 12.2. The first-order chi connectivity index (χ1) is 8.93. The summed E-state index contributed by atoms with van der Waals surface area (Å²) >= 11 is 0. The van der Waals surface area contributed by atoms with Crippen LogP contribution in [0.25, 0.3) is 11.0 Å². The molecule has 1 aliphatic rings. The molecule has 2 aromatic rings. The summed E-state index contributed by atoms with van der Waals surface area (Å²) in [7, 11) is 0. The second-order valence-corrected chi connectivity index (χ2v) is 4.61. The van der Waals surface area contributed by atoms with E-state index in [1.807, 2.05) is 35.3 Å². The van der Waals surface area contributed by atoms with Crippen molar-refractivity contribution in [1.82, 2.24) is 19.9 Å². The van der Waals surface area contributed by atoms with Crippen LogP contribution in [0, 0.1) is 0 Å². The van der Waals surface area contributed by atoms with Crippen LogP contribution < -0.4 is 0 Å². The van der Waals surface area contributed by atoms with Crippen LogP contribution >= 0.6 is 0 Å². The predicted octanol–water partition coefficient (Wildman–Crippen LogP) is 1.90. The molecule has 94 valence electrons. The van der Waals surface area contributed by atoms with Crippen LogP contribution in [0.4, 0.5) is 0 Å². The zero-order valence-electron chi connectivity index (χ0n) is 10.4. The second kappa shape index (κ2) is 5.16. The number of likely N-dealkylation sites (tertiary alicyclic amines) is 1. The lowest BCUT2D eigenvalue weighted by atomic mass is 10.1. The number of fused-ring (bicyclic) bond motifs is 1. The number of para-hydroxylation sites is 1. The van der Waals surface area contributed by atoms with Gasteiger partial charge in [-0.25, -0.2) is 4.68 Å². The van der Waals surface area contributed by atoms with Crippen LogP contribution in [0.15, 0.2) is 29.3 Å². The first kappa shape index (κ1) is 11.2. The van der Waals surface area contributed by atoms with E-state index in [1.165, 1.54) is 19.3 Å². The molecule has 5 nitrogen and oxygen atoms in total. The standard InChI is InChI=1S/C13H17N5/c1-4-8-17(9-5-1)10-14-11-18-13-7-3-2-6-12(13)15-16-18/h2-3,6-7,10H,1,4-5,8-9,11H2/b14-10+. The topological polar surface area (TPSA) is 46.3 Å². The van der Waals surface area contributed by atoms with Gasteiger partial charge in [-0.3, -0.25) is 4.99 Å². The van der Waals surface area contributed by atoms with Crippen molar-refractivity contribution >= 4 is 17.4 Å². The third-order valence-corrected chi connectivity index (χ3v) is 3.27. The van der Waals surface area contributed by atoms with E-state index in [-0.39, 0.29) is 0 Å². The number of nitrogens with zero attached hydrogens (tertiary/aromatic N) is 5. The van der Waals surface area contributed by atoms with E-state index in [0.29, 0.717) is 6.67 Å². The summed E-state index contributed by atoms with van der Waals surface area (Å²) in [5, 5.41) is 8.22.